The Balaban J connectivity index is 1.19. The molecule has 2 aromatic carbocycles. The van der Waals surface area contributed by atoms with Gasteiger partial charge in [-0.05, 0) is 71.5 Å². The molecule has 1 N–H and O–H groups in total. The third-order valence-electron chi connectivity index (χ3n) is 6.70. The average Bonchev–Trinajstić information content (AvgIpc) is 2.99. The molecule has 5 aromatic rings. The van der Waals surface area contributed by atoms with E-state index in [0.29, 0.717) is 37.6 Å². The monoisotopic (exact) mass is 628 g/mol. The first-order valence-corrected chi connectivity index (χ1v) is 13.7. The van der Waals surface area contributed by atoms with E-state index in [4.69, 9.17) is 14.7 Å². The predicted molar refractivity (Wildman–Crippen MR) is 158 cm³/mol. The van der Waals surface area contributed by atoms with Crippen LogP contribution in [-0.4, -0.2) is 44.3 Å². The second kappa shape index (κ2) is 10.9. The number of aromatic nitrogens is 4. The lowest BCUT2D eigenvalue weighted by molar-refractivity contribution is 0.0726. The van der Waals surface area contributed by atoms with Crippen LogP contribution in [0.5, 0.6) is 5.75 Å². The van der Waals surface area contributed by atoms with Crippen molar-refractivity contribution >= 4 is 45.2 Å². The molecule has 39 heavy (non-hydrogen) atoms. The van der Waals surface area contributed by atoms with Gasteiger partial charge in [0, 0.05) is 51.6 Å². The number of pyridine rings is 2. The summed E-state index contributed by atoms with van der Waals surface area (Å²) in [5, 5.41) is 4.24. The van der Waals surface area contributed by atoms with Crippen molar-refractivity contribution in [2.24, 2.45) is 0 Å². The van der Waals surface area contributed by atoms with Gasteiger partial charge >= 0.3 is 0 Å². The lowest BCUT2D eigenvalue weighted by atomic mass is 10.0. The summed E-state index contributed by atoms with van der Waals surface area (Å²) < 4.78 is 6.99. The molecule has 0 bridgehead atoms. The van der Waals surface area contributed by atoms with Crippen molar-refractivity contribution in [3.8, 4) is 17.1 Å². The SMILES string of the molecule is CNc1nc(-c2cnc3ccccc3c2)nc2c1CCN(C(=O)c1ccc(COc3ccc(I)cc3)cn1)C2. The molecular weight excluding hydrogens is 603 g/mol. The molecule has 1 aliphatic rings. The van der Waals surface area contributed by atoms with Crippen LogP contribution >= 0.6 is 22.6 Å². The highest BCUT2D eigenvalue weighted by Gasteiger charge is 2.27. The number of hydrogen-bond acceptors (Lipinski definition) is 7. The molecule has 6 rings (SSSR count). The van der Waals surface area contributed by atoms with Gasteiger partial charge in [-0.15, -0.1) is 0 Å². The molecular formula is C30H25IN6O2. The maximum absolute atomic E-state index is 13.4. The van der Waals surface area contributed by atoms with Crippen LogP contribution in [0.1, 0.15) is 27.3 Å². The van der Waals surface area contributed by atoms with Crippen LogP contribution in [0.4, 0.5) is 5.82 Å². The summed E-state index contributed by atoms with van der Waals surface area (Å²) in [7, 11) is 1.86. The summed E-state index contributed by atoms with van der Waals surface area (Å²) >= 11 is 2.26. The molecule has 0 saturated heterocycles. The number of rotatable bonds is 6. The number of nitrogens with zero attached hydrogens (tertiary/aromatic N) is 5. The van der Waals surface area contributed by atoms with Gasteiger partial charge in [-0.1, -0.05) is 24.3 Å². The standard InChI is InChI=1S/C30H25IN6O2/c1-32-29-24-12-13-37(17-27(24)35-28(36-29)21-14-20-4-2-3-5-25(20)34-16-21)30(38)26-11-6-19(15-33-26)18-39-23-9-7-22(31)8-10-23/h2-11,14-16H,12-13,17-18H2,1H3,(H,32,35,36). The summed E-state index contributed by atoms with van der Waals surface area (Å²) in [6, 6.07) is 21.5. The minimum absolute atomic E-state index is 0.121. The van der Waals surface area contributed by atoms with Gasteiger partial charge in [-0.3, -0.25) is 14.8 Å². The van der Waals surface area contributed by atoms with Gasteiger partial charge in [-0.25, -0.2) is 9.97 Å². The van der Waals surface area contributed by atoms with Crippen LogP contribution in [0.3, 0.4) is 0 Å². The quantitative estimate of drug-likeness (QED) is 0.248. The van der Waals surface area contributed by atoms with E-state index < -0.39 is 0 Å². The molecule has 194 valence electrons. The smallest absolute Gasteiger partial charge is 0.272 e. The number of halogens is 1. The predicted octanol–water partition coefficient (Wildman–Crippen LogP) is 5.51. The van der Waals surface area contributed by atoms with Crippen molar-refractivity contribution in [1.82, 2.24) is 24.8 Å². The Hall–Kier alpha value is -4.12. The Bertz CT molecular complexity index is 1660. The largest absolute Gasteiger partial charge is 0.489 e. The Labute approximate surface area is 239 Å². The molecule has 3 aromatic heterocycles. The number of carbonyl (C=O) groups is 1. The van der Waals surface area contributed by atoms with Crippen LogP contribution in [0.15, 0.2) is 79.1 Å². The zero-order chi connectivity index (χ0) is 26.8. The maximum atomic E-state index is 13.4. The second-order valence-corrected chi connectivity index (χ2v) is 10.5. The first kappa shape index (κ1) is 25.2. The van der Waals surface area contributed by atoms with Gasteiger partial charge in [0.2, 0.25) is 0 Å². The third kappa shape index (κ3) is 5.40. The van der Waals surface area contributed by atoms with E-state index in [9.17, 15) is 4.79 Å². The van der Waals surface area contributed by atoms with Crippen LogP contribution in [0.2, 0.25) is 0 Å². The molecule has 8 nitrogen and oxygen atoms in total. The molecule has 4 heterocycles. The highest BCUT2D eigenvalue weighted by Crippen LogP contribution is 2.28. The van der Waals surface area contributed by atoms with Crippen LogP contribution < -0.4 is 10.1 Å². The maximum Gasteiger partial charge on any atom is 0.272 e. The zero-order valence-corrected chi connectivity index (χ0v) is 23.4. The van der Waals surface area contributed by atoms with Crippen LogP contribution in [0, 0.1) is 3.57 Å². The number of ether oxygens (including phenoxy) is 1. The number of hydrogen-bond donors (Lipinski definition) is 1. The summed E-state index contributed by atoms with van der Waals surface area (Å²) in [6.45, 7) is 1.34. The molecule has 0 aliphatic carbocycles. The van der Waals surface area contributed by atoms with E-state index in [-0.39, 0.29) is 5.91 Å². The highest BCUT2D eigenvalue weighted by molar-refractivity contribution is 14.1. The third-order valence-corrected chi connectivity index (χ3v) is 7.42. The summed E-state index contributed by atoms with van der Waals surface area (Å²) in [4.78, 5) is 33.8. The molecule has 1 aliphatic heterocycles. The number of nitrogens with one attached hydrogen (secondary N) is 1. The molecule has 9 heteroatoms. The van der Waals surface area contributed by atoms with Gasteiger partial charge in [-0.2, -0.15) is 0 Å². The number of benzene rings is 2. The Morgan fingerprint density at radius 1 is 1.03 bits per heavy atom. The summed E-state index contributed by atoms with van der Waals surface area (Å²) in [5.74, 6) is 2.04. The van der Waals surface area contributed by atoms with Gasteiger partial charge in [0.1, 0.15) is 23.9 Å². The highest BCUT2D eigenvalue weighted by atomic mass is 127. The van der Waals surface area contributed by atoms with Crippen LogP contribution in [0.25, 0.3) is 22.3 Å². The second-order valence-electron chi connectivity index (χ2n) is 9.26. The fourth-order valence-electron chi connectivity index (χ4n) is 4.63. The van der Waals surface area contributed by atoms with Crippen molar-refractivity contribution < 1.29 is 9.53 Å². The molecule has 0 unspecified atom stereocenters. The zero-order valence-electron chi connectivity index (χ0n) is 21.3. The van der Waals surface area contributed by atoms with Crippen LogP contribution in [-0.2, 0) is 19.6 Å². The Morgan fingerprint density at radius 2 is 1.87 bits per heavy atom. The normalized spacial score (nSPS) is 12.7. The lowest BCUT2D eigenvalue weighted by Crippen LogP contribution is -2.37. The van der Waals surface area contributed by atoms with Crippen molar-refractivity contribution in [3.05, 3.63) is 105 Å². The lowest BCUT2D eigenvalue weighted by Gasteiger charge is -2.29. The summed E-state index contributed by atoms with van der Waals surface area (Å²) in [6.07, 6.45) is 4.16. The van der Waals surface area contributed by atoms with E-state index in [2.05, 4.69) is 37.9 Å². The van der Waals surface area contributed by atoms with Gasteiger partial charge in [0.05, 0.1) is 17.8 Å². The minimum atomic E-state index is -0.121. The van der Waals surface area contributed by atoms with Gasteiger partial charge in [0.25, 0.3) is 5.91 Å². The van der Waals surface area contributed by atoms with Crippen molar-refractivity contribution in [3.63, 3.8) is 0 Å². The topological polar surface area (TPSA) is 93.1 Å². The molecule has 1 amide bonds. The fourth-order valence-corrected chi connectivity index (χ4v) is 4.99. The minimum Gasteiger partial charge on any atom is -0.489 e. The first-order chi connectivity index (χ1) is 19.1. The Morgan fingerprint density at radius 3 is 2.67 bits per heavy atom. The van der Waals surface area contributed by atoms with Crippen molar-refractivity contribution in [1.29, 1.82) is 0 Å². The number of fused-ring (bicyclic) bond motifs is 2. The molecule has 0 spiro atoms. The van der Waals surface area contributed by atoms with E-state index in [1.54, 1.807) is 23.4 Å². The number of para-hydroxylation sites is 1. The van der Waals surface area contributed by atoms with E-state index in [1.165, 1.54) is 0 Å². The Kier molecular flexibility index (Phi) is 7.06. The van der Waals surface area contributed by atoms with Crippen molar-refractivity contribution in [2.75, 3.05) is 18.9 Å². The van der Waals surface area contributed by atoms with Crippen molar-refractivity contribution in [2.45, 2.75) is 19.6 Å². The number of anilines is 1. The molecule has 0 fully saturated rings. The molecule has 0 atom stereocenters. The summed E-state index contributed by atoms with van der Waals surface area (Å²) in [5.41, 5.74) is 4.92. The van der Waals surface area contributed by atoms with Gasteiger partial charge < -0.3 is 15.0 Å². The first-order valence-electron chi connectivity index (χ1n) is 12.6. The molecule has 0 radical (unpaired) electrons. The molecule has 0 saturated carbocycles. The number of carbonyl (C=O) groups excluding carboxylic acids is 1. The van der Waals surface area contributed by atoms with Gasteiger partial charge in [0.15, 0.2) is 5.82 Å². The average molecular weight is 628 g/mol. The van der Waals surface area contributed by atoms with E-state index >= 15 is 0 Å². The fraction of sp³-hybridized carbons (Fsp3) is 0.167. The van der Waals surface area contributed by atoms with E-state index in [1.807, 2.05) is 67.7 Å². The van der Waals surface area contributed by atoms with E-state index in [0.717, 1.165) is 48.4 Å². The number of amides is 1.